The zero-order chi connectivity index (χ0) is 15.6. The molecule has 3 fully saturated rings. The molecule has 0 aromatic carbocycles. The van der Waals surface area contributed by atoms with Gasteiger partial charge < -0.3 is 25.2 Å². The van der Waals surface area contributed by atoms with E-state index in [1.807, 2.05) is 0 Å². The Kier molecular flexibility index (Phi) is 4.73. The van der Waals surface area contributed by atoms with Crippen LogP contribution in [-0.2, 0) is 9.53 Å². The van der Waals surface area contributed by atoms with Gasteiger partial charge in [0.05, 0.1) is 11.2 Å². The van der Waals surface area contributed by atoms with Crippen molar-refractivity contribution < 1.29 is 19.7 Å². The Morgan fingerprint density at radius 2 is 1.73 bits per heavy atom. The summed E-state index contributed by atoms with van der Waals surface area (Å²) in [6.07, 6.45) is 4.63. The first-order valence-electron chi connectivity index (χ1n) is 8.51. The fraction of sp³-hybridized carbons (Fsp3) is 0.938. The predicted octanol–water partition coefficient (Wildman–Crippen LogP) is -0.119. The molecule has 2 heterocycles. The summed E-state index contributed by atoms with van der Waals surface area (Å²) >= 11 is 0. The summed E-state index contributed by atoms with van der Waals surface area (Å²) in [6.45, 7) is 3.79. The maximum atomic E-state index is 11.7. The van der Waals surface area contributed by atoms with E-state index in [-0.39, 0.29) is 11.8 Å². The fourth-order valence-electron chi connectivity index (χ4n) is 3.37. The molecule has 22 heavy (non-hydrogen) atoms. The number of hydrogen-bond acceptors (Lipinski definition) is 5. The standard InChI is InChI=1S/C16H28N2O4/c19-14(13-1-2-13)17-11-15(20)3-7-18(8-4-15)12-16(21)5-9-22-10-6-16/h13,20-21H,1-12H2,(H,17,19). The first-order valence-corrected chi connectivity index (χ1v) is 8.51. The molecular formula is C16H28N2O4. The van der Waals surface area contributed by atoms with Gasteiger partial charge in [-0.3, -0.25) is 4.79 Å². The molecule has 6 heteroatoms. The Balaban J connectivity index is 1.41. The number of hydrogen-bond donors (Lipinski definition) is 3. The SMILES string of the molecule is O=C(NCC1(O)CCN(CC2(O)CCOCC2)CC1)C1CC1. The van der Waals surface area contributed by atoms with Crippen molar-refractivity contribution in [3.63, 3.8) is 0 Å². The quantitative estimate of drug-likeness (QED) is 0.659. The van der Waals surface area contributed by atoms with Crippen molar-refractivity contribution in [2.24, 2.45) is 5.92 Å². The minimum atomic E-state index is -0.792. The zero-order valence-electron chi connectivity index (χ0n) is 13.2. The van der Waals surface area contributed by atoms with Crippen LogP contribution in [0.1, 0.15) is 38.5 Å². The number of piperidine rings is 1. The van der Waals surface area contributed by atoms with Crippen LogP contribution in [-0.4, -0.2) is 71.6 Å². The first kappa shape index (κ1) is 16.2. The lowest BCUT2D eigenvalue weighted by molar-refractivity contribution is -0.124. The Labute approximate surface area is 131 Å². The monoisotopic (exact) mass is 312 g/mol. The molecule has 0 aromatic rings. The molecule has 3 rings (SSSR count). The number of likely N-dealkylation sites (tertiary alicyclic amines) is 1. The van der Waals surface area contributed by atoms with Gasteiger partial charge in [-0.1, -0.05) is 0 Å². The van der Waals surface area contributed by atoms with Crippen molar-refractivity contribution in [3.8, 4) is 0 Å². The van der Waals surface area contributed by atoms with Gasteiger partial charge in [0.25, 0.3) is 0 Å². The highest BCUT2D eigenvalue weighted by Gasteiger charge is 2.38. The maximum Gasteiger partial charge on any atom is 0.223 e. The summed E-state index contributed by atoms with van der Waals surface area (Å²) in [4.78, 5) is 13.9. The van der Waals surface area contributed by atoms with E-state index in [4.69, 9.17) is 4.74 Å². The van der Waals surface area contributed by atoms with Crippen LogP contribution in [0.5, 0.6) is 0 Å². The molecule has 126 valence electrons. The highest BCUT2D eigenvalue weighted by atomic mass is 16.5. The molecule has 6 nitrogen and oxygen atoms in total. The molecular weight excluding hydrogens is 284 g/mol. The van der Waals surface area contributed by atoms with Gasteiger partial charge in [0.15, 0.2) is 0 Å². The van der Waals surface area contributed by atoms with Crippen LogP contribution in [0.3, 0.4) is 0 Å². The van der Waals surface area contributed by atoms with Crippen molar-refractivity contribution in [1.29, 1.82) is 0 Å². The topological polar surface area (TPSA) is 82.0 Å². The molecule has 0 unspecified atom stereocenters. The number of carbonyl (C=O) groups excluding carboxylic acids is 1. The van der Waals surface area contributed by atoms with Gasteiger partial charge >= 0.3 is 0 Å². The molecule has 2 aliphatic heterocycles. The van der Waals surface area contributed by atoms with Crippen LogP contribution in [0.15, 0.2) is 0 Å². The molecule has 0 radical (unpaired) electrons. The van der Waals surface area contributed by atoms with Crippen LogP contribution >= 0.6 is 0 Å². The molecule has 1 saturated carbocycles. The number of nitrogens with one attached hydrogen (secondary N) is 1. The van der Waals surface area contributed by atoms with Crippen LogP contribution in [0.4, 0.5) is 0 Å². The number of aliphatic hydroxyl groups is 2. The second kappa shape index (κ2) is 6.43. The van der Waals surface area contributed by atoms with Crippen molar-refractivity contribution in [2.45, 2.75) is 49.7 Å². The Morgan fingerprint density at radius 1 is 1.09 bits per heavy atom. The lowest BCUT2D eigenvalue weighted by Crippen LogP contribution is -2.54. The smallest absolute Gasteiger partial charge is 0.223 e. The molecule has 3 aliphatic rings. The summed E-state index contributed by atoms with van der Waals surface area (Å²) in [5.41, 5.74) is -1.44. The van der Waals surface area contributed by atoms with E-state index in [0.29, 0.717) is 52.0 Å². The van der Waals surface area contributed by atoms with Gasteiger partial charge in [0, 0.05) is 58.2 Å². The van der Waals surface area contributed by atoms with E-state index in [9.17, 15) is 15.0 Å². The van der Waals surface area contributed by atoms with E-state index in [0.717, 1.165) is 25.9 Å². The third-order valence-electron chi connectivity index (χ3n) is 5.27. The van der Waals surface area contributed by atoms with Crippen LogP contribution in [0, 0.1) is 5.92 Å². The highest BCUT2D eigenvalue weighted by Crippen LogP contribution is 2.30. The van der Waals surface area contributed by atoms with Gasteiger partial charge in [0.1, 0.15) is 0 Å². The van der Waals surface area contributed by atoms with Crippen LogP contribution in [0.2, 0.25) is 0 Å². The maximum absolute atomic E-state index is 11.7. The van der Waals surface area contributed by atoms with Gasteiger partial charge in [0.2, 0.25) is 5.91 Å². The number of β-amino-alcohol motifs (C(OH)–C–C–N with tert-alkyl or cyclic N) is 1. The van der Waals surface area contributed by atoms with E-state index < -0.39 is 11.2 Å². The fourth-order valence-corrected chi connectivity index (χ4v) is 3.37. The van der Waals surface area contributed by atoms with Gasteiger partial charge in [-0.15, -0.1) is 0 Å². The molecule has 3 N–H and O–H groups in total. The first-order chi connectivity index (χ1) is 10.5. The van der Waals surface area contributed by atoms with Crippen molar-refractivity contribution in [3.05, 3.63) is 0 Å². The summed E-state index contributed by atoms with van der Waals surface area (Å²) in [5, 5.41) is 24.0. The Morgan fingerprint density at radius 3 is 2.32 bits per heavy atom. The summed E-state index contributed by atoms with van der Waals surface area (Å²) in [5.74, 6) is 0.277. The highest BCUT2D eigenvalue weighted by molar-refractivity contribution is 5.80. The summed E-state index contributed by atoms with van der Waals surface area (Å²) in [7, 11) is 0. The van der Waals surface area contributed by atoms with Crippen molar-refractivity contribution in [2.75, 3.05) is 39.4 Å². The number of amides is 1. The minimum absolute atomic E-state index is 0.0902. The number of rotatable bonds is 5. The van der Waals surface area contributed by atoms with E-state index in [2.05, 4.69) is 10.2 Å². The number of nitrogens with zero attached hydrogens (tertiary/aromatic N) is 1. The zero-order valence-corrected chi connectivity index (χ0v) is 13.2. The largest absolute Gasteiger partial charge is 0.388 e. The molecule has 1 amide bonds. The molecule has 2 saturated heterocycles. The number of carbonyl (C=O) groups is 1. The Hall–Kier alpha value is -0.690. The molecule has 0 spiro atoms. The molecule has 1 aliphatic carbocycles. The van der Waals surface area contributed by atoms with Crippen LogP contribution < -0.4 is 5.32 Å². The van der Waals surface area contributed by atoms with Crippen molar-refractivity contribution in [1.82, 2.24) is 10.2 Å². The van der Waals surface area contributed by atoms with E-state index >= 15 is 0 Å². The summed E-state index contributed by atoms with van der Waals surface area (Å²) in [6, 6.07) is 0. The van der Waals surface area contributed by atoms with Gasteiger partial charge in [-0.2, -0.15) is 0 Å². The van der Waals surface area contributed by atoms with Gasteiger partial charge in [-0.05, 0) is 25.7 Å². The lowest BCUT2D eigenvalue weighted by atomic mass is 9.88. The summed E-state index contributed by atoms with van der Waals surface area (Å²) < 4.78 is 5.31. The average Bonchev–Trinajstić information content (AvgIpc) is 3.33. The van der Waals surface area contributed by atoms with Crippen LogP contribution in [0.25, 0.3) is 0 Å². The molecule has 0 aromatic heterocycles. The predicted molar refractivity (Wildman–Crippen MR) is 81.4 cm³/mol. The minimum Gasteiger partial charge on any atom is -0.388 e. The normalized spacial score (nSPS) is 28.3. The van der Waals surface area contributed by atoms with E-state index in [1.54, 1.807) is 0 Å². The molecule has 0 bridgehead atoms. The molecule has 0 atom stereocenters. The van der Waals surface area contributed by atoms with E-state index in [1.165, 1.54) is 0 Å². The number of ether oxygens (including phenoxy) is 1. The second-order valence-electron chi connectivity index (χ2n) is 7.33. The second-order valence-corrected chi connectivity index (χ2v) is 7.33. The van der Waals surface area contributed by atoms with Gasteiger partial charge in [-0.25, -0.2) is 0 Å². The van der Waals surface area contributed by atoms with Crippen molar-refractivity contribution >= 4 is 5.91 Å². The third kappa shape index (κ3) is 4.19. The lowest BCUT2D eigenvalue weighted by Gasteiger charge is -2.42. The average molecular weight is 312 g/mol. The third-order valence-corrected chi connectivity index (χ3v) is 5.27. The Bertz CT molecular complexity index is 397.